The lowest BCUT2D eigenvalue weighted by atomic mass is 10.1. The zero-order valence-corrected chi connectivity index (χ0v) is 20.8. The minimum atomic E-state index is -0.880. The average Bonchev–Trinajstić information content (AvgIpc) is 2.91. The Morgan fingerprint density at radius 2 is 1.59 bits per heavy atom. The molecule has 2 aromatic carbocycles. The Kier molecular flexibility index (Phi) is 9.15. The van der Waals surface area contributed by atoms with E-state index in [1.807, 2.05) is 13.0 Å². The number of nitrogens with zero attached hydrogens (tertiary/aromatic N) is 2. The molecule has 0 aliphatic carbocycles. The monoisotopic (exact) mass is 507 g/mol. The highest BCUT2D eigenvalue weighted by molar-refractivity contribution is 6.01. The smallest absolute Gasteiger partial charge is 0.332 e. The number of carbonyl (C=O) groups is 3. The number of esters is 1. The maximum absolute atomic E-state index is 12.8. The topological polar surface area (TPSA) is 140 Å². The Bertz CT molecular complexity index is 1390. The Morgan fingerprint density at radius 3 is 2.24 bits per heavy atom. The van der Waals surface area contributed by atoms with Crippen LogP contribution in [0, 0.1) is 0 Å². The number of nitrogen functional groups attached to an aromatic ring is 1. The van der Waals surface area contributed by atoms with Crippen molar-refractivity contribution in [1.29, 1.82) is 0 Å². The van der Waals surface area contributed by atoms with Crippen molar-refractivity contribution in [3.05, 3.63) is 92.1 Å². The second-order valence-electron chi connectivity index (χ2n) is 8.36. The number of hydrogen-bond acceptors (Lipinski definition) is 8. The highest BCUT2D eigenvalue weighted by Gasteiger charge is 2.23. The van der Waals surface area contributed by atoms with Gasteiger partial charge in [0.1, 0.15) is 17.1 Å². The number of Topliss-reactive ketones (excluding diaryl/α,β-unsaturated/α-hetero) is 2. The summed E-state index contributed by atoms with van der Waals surface area (Å²) in [5.74, 6) is -1.55. The van der Waals surface area contributed by atoms with Crippen molar-refractivity contribution in [3.63, 3.8) is 0 Å². The van der Waals surface area contributed by atoms with E-state index in [9.17, 15) is 24.0 Å². The minimum absolute atomic E-state index is 0.0491. The molecule has 194 valence electrons. The molecule has 0 spiro atoms. The number of ketones is 2. The van der Waals surface area contributed by atoms with Gasteiger partial charge in [0.2, 0.25) is 5.78 Å². The van der Waals surface area contributed by atoms with Crippen LogP contribution in [0.1, 0.15) is 52.5 Å². The van der Waals surface area contributed by atoms with Gasteiger partial charge in [0.05, 0.1) is 19.6 Å². The van der Waals surface area contributed by atoms with E-state index in [4.69, 9.17) is 15.2 Å². The summed E-state index contributed by atoms with van der Waals surface area (Å²) in [6.45, 7) is 1.86. The summed E-state index contributed by atoms with van der Waals surface area (Å²) < 4.78 is 12.4. The maximum Gasteiger partial charge on any atom is 0.332 e. The summed E-state index contributed by atoms with van der Waals surface area (Å²) in [4.78, 5) is 62.5. The summed E-state index contributed by atoms with van der Waals surface area (Å²) in [7, 11) is 1.24. The van der Waals surface area contributed by atoms with E-state index in [1.165, 1.54) is 7.05 Å². The van der Waals surface area contributed by atoms with Gasteiger partial charge in [-0.15, -0.1) is 0 Å². The molecule has 10 heteroatoms. The third-order valence-electron chi connectivity index (χ3n) is 5.62. The minimum Gasteiger partial charge on any atom is -0.494 e. The van der Waals surface area contributed by atoms with Gasteiger partial charge in [-0.3, -0.25) is 28.3 Å². The molecule has 2 N–H and O–H groups in total. The van der Waals surface area contributed by atoms with Crippen LogP contribution in [0.4, 0.5) is 5.82 Å². The summed E-state index contributed by atoms with van der Waals surface area (Å²) in [6.07, 6.45) is 0.499. The van der Waals surface area contributed by atoms with E-state index in [2.05, 4.69) is 0 Å². The number of anilines is 1. The molecule has 0 radical (unpaired) electrons. The predicted molar refractivity (Wildman–Crippen MR) is 137 cm³/mol. The summed E-state index contributed by atoms with van der Waals surface area (Å²) >= 11 is 0. The van der Waals surface area contributed by atoms with Gasteiger partial charge in [-0.25, -0.2) is 4.79 Å². The third-order valence-corrected chi connectivity index (χ3v) is 5.62. The predicted octanol–water partition coefficient (Wildman–Crippen LogP) is 2.36. The first kappa shape index (κ1) is 27.1. The molecular weight excluding hydrogens is 478 g/mol. The molecule has 0 aliphatic heterocycles. The van der Waals surface area contributed by atoms with E-state index < -0.39 is 35.2 Å². The number of rotatable bonds is 12. The lowest BCUT2D eigenvalue weighted by Gasteiger charge is -2.14. The third kappa shape index (κ3) is 6.81. The molecule has 1 aromatic heterocycles. The Morgan fingerprint density at radius 1 is 0.919 bits per heavy atom. The number of aromatic nitrogens is 2. The first-order chi connectivity index (χ1) is 17.7. The molecule has 0 atom stereocenters. The Balaban J connectivity index is 1.62. The molecule has 0 unspecified atom stereocenters. The fraction of sp³-hybridized carbons (Fsp3) is 0.296. The summed E-state index contributed by atoms with van der Waals surface area (Å²) in [6, 6.07) is 15.5. The number of benzene rings is 2. The van der Waals surface area contributed by atoms with Gasteiger partial charge in [0.25, 0.3) is 5.56 Å². The summed E-state index contributed by atoms with van der Waals surface area (Å²) in [5.41, 5.74) is 5.21. The molecule has 0 aliphatic rings. The highest BCUT2D eigenvalue weighted by Crippen LogP contribution is 2.15. The van der Waals surface area contributed by atoms with Crippen LogP contribution >= 0.6 is 0 Å². The van der Waals surface area contributed by atoms with E-state index >= 15 is 0 Å². The second kappa shape index (κ2) is 12.5. The van der Waals surface area contributed by atoms with Crippen LogP contribution in [0.25, 0.3) is 0 Å². The van der Waals surface area contributed by atoms with Crippen molar-refractivity contribution in [1.82, 2.24) is 9.13 Å². The molecule has 3 rings (SSSR count). The molecule has 0 amide bonds. The number of hydrogen-bond donors (Lipinski definition) is 1. The molecule has 0 saturated heterocycles. The molecular formula is C27H29N3O7. The van der Waals surface area contributed by atoms with E-state index in [0.717, 1.165) is 21.1 Å². The van der Waals surface area contributed by atoms with Gasteiger partial charge in [-0.1, -0.05) is 37.3 Å². The zero-order valence-electron chi connectivity index (χ0n) is 20.8. The van der Waals surface area contributed by atoms with Crippen LogP contribution in [0.2, 0.25) is 0 Å². The Hall–Kier alpha value is -4.47. The lowest BCUT2D eigenvalue weighted by Crippen LogP contribution is -2.43. The van der Waals surface area contributed by atoms with Crippen molar-refractivity contribution in [2.75, 3.05) is 18.9 Å². The van der Waals surface area contributed by atoms with Crippen LogP contribution in [0.3, 0.4) is 0 Å². The standard InChI is InChI=1S/C27H29N3O7/c1-3-15-36-20-11-9-19(10-12-20)21(31)13-14-23(33)37-17-22(32)24-25(28)30(27(35)29(2)26(24)34)16-18-7-5-4-6-8-18/h4-12H,3,13-17,28H2,1-2H3. The number of ether oxygens (including phenoxy) is 2. The van der Waals surface area contributed by atoms with Crippen LogP contribution in [0.15, 0.2) is 64.2 Å². The van der Waals surface area contributed by atoms with Crippen molar-refractivity contribution in [2.45, 2.75) is 32.7 Å². The number of carbonyl (C=O) groups excluding carboxylic acids is 3. The molecule has 1 heterocycles. The van der Waals surface area contributed by atoms with Gasteiger partial charge in [-0.05, 0) is 36.2 Å². The average molecular weight is 508 g/mol. The lowest BCUT2D eigenvalue weighted by molar-refractivity contribution is -0.142. The second-order valence-corrected chi connectivity index (χ2v) is 8.36. The highest BCUT2D eigenvalue weighted by atomic mass is 16.5. The van der Waals surface area contributed by atoms with Crippen molar-refractivity contribution in [2.24, 2.45) is 7.05 Å². The summed E-state index contributed by atoms with van der Waals surface area (Å²) in [5, 5.41) is 0. The van der Waals surface area contributed by atoms with Crippen LogP contribution in [0.5, 0.6) is 5.75 Å². The molecule has 37 heavy (non-hydrogen) atoms. The maximum atomic E-state index is 12.8. The van der Waals surface area contributed by atoms with Crippen LogP contribution in [-0.2, 0) is 23.1 Å². The largest absolute Gasteiger partial charge is 0.494 e. The molecule has 10 nitrogen and oxygen atoms in total. The normalized spacial score (nSPS) is 10.6. The van der Waals surface area contributed by atoms with E-state index in [1.54, 1.807) is 48.5 Å². The van der Waals surface area contributed by atoms with Gasteiger partial charge in [-0.2, -0.15) is 0 Å². The van der Waals surface area contributed by atoms with Crippen molar-refractivity contribution >= 4 is 23.4 Å². The van der Waals surface area contributed by atoms with Crippen molar-refractivity contribution < 1.29 is 23.9 Å². The molecule has 3 aromatic rings. The van der Waals surface area contributed by atoms with Crippen molar-refractivity contribution in [3.8, 4) is 5.75 Å². The molecule has 0 bridgehead atoms. The molecule has 0 saturated carbocycles. The van der Waals surface area contributed by atoms with Gasteiger partial charge in [0, 0.05) is 19.0 Å². The first-order valence-electron chi connectivity index (χ1n) is 11.8. The fourth-order valence-corrected chi connectivity index (χ4v) is 3.57. The van der Waals surface area contributed by atoms with Gasteiger partial charge < -0.3 is 15.2 Å². The van der Waals surface area contributed by atoms with Gasteiger partial charge >= 0.3 is 11.7 Å². The van der Waals surface area contributed by atoms with Crippen LogP contribution < -0.4 is 21.7 Å². The first-order valence-corrected chi connectivity index (χ1v) is 11.8. The zero-order chi connectivity index (χ0) is 26.9. The fourth-order valence-electron chi connectivity index (χ4n) is 3.57. The number of nitrogens with two attached hydrogens (primary N) is 1. The van der Waals surface area contributed by atoms with E-state index in [-0.39, 0.29) is 31.0 Å². The quantitative estimate of drug-likeness (QED) is 0.291. The molecule has 0 fully saturated rings. The Labute approximate surface area is 213 Å². The van der Waals surface area contributed by atoms with Gasteiger partial charge in [0.15, 0.2) is 12.4 Å². The SMILES string of the molecule is CCCOc1ccc(C(=O)CCC(=O)OCC(=O)c2c(N)n(Cc3ccccc3)c(=O)n(C)c2=O)cc1. The van der Waals surface area contributed by atoms with E-state index in [0.29, 0.717) is 17.9 Å². The van der Waals surface area contributed by atoms with Crippen LogP contribution in [-0.4, -0.2) is 39.9 Å².